The maximum Gasteiger partial charge on any atom is 0.323 e. The zero-order chi connectivity index (χ0) is 107. The Kier molecular flexibility index (Phi) is 34.2. The number of rotatable bonds is 0. The number of carbonyl (C=O) groups excluding carboxylic acids is 7. The highest BCUT2D eigenvalue weighted by molar-refractivity contribution is 6.02. The van der Waals surface area contributed by atoms with Crippen molar-refractivity contribution in [1.29, 1.82) is 0 Å². The Morgan fingerprint density at radius 1 is 0.248 bits per heavy atom. The summed E-state index contributed by atoms with van der Waals surface area (Å²) >= 11 is 0. The van der Waals surface area contributed by atoms with Crippen molar-refractivity contribution in [2.24, 2.45) is 0 Å². The van der Waals surface area contributed by atoms with Gasteiger partial charge in [-0.15, -0.1) is 0 Å². The number of nitrogens with one attached hydrogen (secondary N) is 11. The minimum Gasteiger partial charge on any atom is -0.352 e. The summed E-state index contributed by atoms with van der Waals surface area (Å²) < 4.78 is 0. The third-order valence-electron chi connectivity index (χ3n) is 26.8. The fraction of sp³-hybridized carbons (Fsp3) is 0.403. The maximum absolute atomic E-state index is 11.6. The summed E-state index contributed by atoms with van der Waals surface area (Å²) in [6.07, 6.45) is 5.69. The molecular weight excluding hydrogens is 1800 g/mol. The largest absolute Gasteiger partial charge is 0.352 e. The molecule has 10 heterocycles. The summed E-state index contributed by atoms with van der Waals surface area (Å²) in [6.45, 7) is 68.1. The van der Waals surface area contributed by atoms with Gasteiger partial charge in [-0.05, 0) is 257 Å². The van der Waals surface area contributed by atoms with Gasteiger partial charge in [0.15, 0.2) is 0 Å². The van der Waals surface area contributed by atoms with E-state index in [0.29, 0.717) is 45.3 Å². The molecular formula is C124H155N11O10. The number of amides is 7. The Morgan fingerprint density at radius 3 is 1.24 bits per heavy atom. The minimum atomic E-state index is -0.147. The minimum absolute atomic E-state index is 0.0152. The molecule has 766 valence electrons. The van der Waals surface area contributed by atoms with Gasteiger partial charge in [0.1, 0.15) is 0 Å². The van der Waals surface area contributed by atoms with Gasteiger partial charge < -0.3 is 57.2 Å². The van der Waals surface area contributed by atoms with E-state index in [2.05, 4.69) is 356 Å². The van der Waals surface area contributed by atoms with Gasteiger partial charge in [0.25, 0.3) is 23.3 Å². The number of hydrogen-bond acceptors (Lipinski definition) is 10. The van der Waals surface area contributed by atoms with Gasteiger partial charge >= 0.3 is 5.69 Å². The molecule has 13 aromatic rings. The number of H-pyrrole nitrogens is 4. The van der Waals surface area contributed by atoms with Crippen LogP contribution in [-0.4, -0.2) is 67.8 Å². The van der Waals surface area contributed by atoms with E-state index >= 15 is 0 Å². The van der Waals surface area contributed by atoms with E-state index in [9.17, 15) is 47.9 Å². The molecule has 0 unspecified atom stereocenters. The van der Waals surface area contributed by atoms with Crippen LogP contribution in [-0.2, 0) is 125 Å². The monoisotopic (exact) mass is 1960 g/mol. The first-order chi connectivity index (χ1) is 67.2. The van der Waals surface area contributed by atoms with E-state index in [0.717, 1.165) is 103 Å². The van der Waals surface area contributed by atoms with Gasteiger partial charge in [-0.2, -0.15) is 0 Å². The molecule has 0 aliphatic carbocycles. The van der Waals surface area contributed by atoms with Gasteiger partial charge in [-0.1, -0.05) is 323 Å². The van der Waals surface area contributed by atoms with Crippen LogP contribution in [0, 0.1) is 0 Å². The molecule has 0 bridgehead atoms. The van der Waals surface area contributed by atoms with Gasteiger partial charge in [0, 0.05) is 89.5 Å². The first-order valence-electron chi connectivity index (χ1n) is 50.7. The SMILES string of the molecule is CC(C)(C)c1ccc2[nH]c(=O)[nH]c2c1.CC(C)(C)c1ccc2[nH]c(=O)ccc2c1.CC(C)(C)c1ccc2c(c1)C(=O)NC2.CC(C)(C)c1ccc2c(c1)CC(=O)N2.CC(C)(C)c1ccc2c(c1)CC(=O)NC2.CC(C)(C)c1ccc2c(c1)CCC(=O)N2.CC(C)(C)c1ccc2c(c1)CCNC2=O.CC(C)(C)c1ccc2c(c1)CNC2=O.CC(C)(C)c1ccc2cc[nH]c(=O)c2c1.CC(C)(C)c1cccc2c1CC(=O)N2. The third kappa shape index (κ3) is 30.2. The number of aromatic amines is 4. The molecule has 7 aliphatic rings. The molecule has 0 saturated heterocycles. The van der Waals surface area contributed by atoms with Crippen LogP contribution >= 0.6 is 0 Å². The van der Waals surface area contributed by atoms with Crippen LogP contribution in [0.25, 0.3) is 32.7 Å². The lowest BCUT2D eigenvalue weighted by molar-refractivity contribution is -0.121. The second-order valence-electron chi connectivity index (χ2n) is 49.1. The average Bonchev–Trinajstić information content (AvgIpc) is 1.66. The Labute approximate surface area is 857 Å². The molecule has 7 amide bonds. The fourth-order valence-electron chi connectivity index (χ4n) is 17.4. The molecule has 21 nitrogen and oxygen atoms in total. The van der Waals surface area contributed by atoms with E-state index in [1.165, 1.54) is 83.5 Å². The molecule has 10 aromatic carbocycles. The molecule has 0 atom stereocenters. The summed E-state index contributed by atoms with van der Waals surface area (Å²) in [7, 11) is 0. The van der Waals surface area contributed by atoms with Crippen molar-refractivity contribution >= 4 is 91.1 Å². The standard InChI is InChI=1S/C13H17NO.C13H15NO.2C13H17NO.C13H15NO.4C12H15NO.C11H14N2O/c2*1-13(2,3)10-5-6-11-9(8-10)4-7-12(15)14-11;1-13(2,3)11-5-4-9-8-14-12(15)7-10(9)6-11;1-13(2,3)10-4-5-11-9(8-10)6-7-14-12(11)15;1-13(2,3)10-5-4-9-6-7-14-12(15)11(9)8-10;1-12(2,3)9-4-5-10-8(6-9)7-13-11(10)14;1-12(2,3)9-4-5-10-8(6-9)7-11(14)13-10;1-12(2,3)9-5-4-8-7-13-11(14)10(8)6-9;1-12(2,3)9-5-4-6-10-8(9)7-11(14)13-10;1-11(2,3)7-4-5-8-9(6-7)13-10(14)12-8/h5-6,8H,4,7H2,1-3H3,(H,14,15);4-8H,1-3H3,(H,14,15);4-6H,7-8H2,1-3H3,(H,14,15);4-5,8H,6-7H2,1-3H3,(H,14,15);4-8H,1-3H3,(H,14,15);4*4-6H,7H2,1-3H3,(H,13,14);4-6H,1-3H3,(H2,12,13,14). The zero-order valence-corrected chi connectivity index (χ0v) is 91.3. The lowest BCUT2D eigenvalue weighted by Crippen LogP contribution is -2.32. The summed E-state index contributed by atoms with van der Waals surface area (Å²) in [5, 5.41) is 22.8. The molecule has 0 fully saturated rings. The molecule has 7 aliphatic heterocycles. The number of imidazole rings is 1. The number of carbonyl (C=O) groups is 7. The van der Waals surface area contributed by atoms with Crippen LogP contribution in [0.2, 0.25) is 0 Å². The average molecular weight is 1960 g/mol. The highest BCUT2D eigenvalue weighted by Crippen LogP contribution is 2.38. The quantitative estimate of drug-likeness (QED) is 0.0682. The first kappa shape index (κ1) is 112. The predicted octanol–water partition coefficient (Wildman–Crippen LogP) is 24.5. The number of fused-ring (bicyclic) bond motifs is 10. The van der Waals surface area contributed by atoms with E-state index in [1.54, 1.807) is 12.3 Å². The van der Waals surface area contributed by atoms with Crippen LogP contribution < -0.4 is 54.0 Å². The van der Waals surface area contributed by atoms with Crippen molar-refractivity contribution in [2.45, 2.75) is 320 Å². The van der Waals surface area contributed by atoms with Crippen LogP contribution in [0.15, 0.2) is 221 Å². The summed E-state index contributed by atoms with van der Waals surface area (Å²) in [5.41, 5.74) is 31.4. The molecule has 21 heteroatoms. The highest BCUT2D eigenvalue weighted by atomic mass is 16.2. The second kappa shape index (κ2) is 44.4. The molecule has 20 rings (SSSR count). The van der Waals surface area contributed by atoms with E-state index in [1.807, 2.05) is 103 Å². The Balaban J connectivity index is 0.000000153. The van der Waals surface area contributed by atoms with E-state index in [4.69, 9.17) is 0 Å². The van der Waals surface area contributed by atoms with Crippen LogP contribution in [0.1, 0.15) is 345 Å². The van der Waals surface area contributed by atoms with Gasteiger partial charge in [0.2, 0.25) is 29.2 Å². The number of benzene rings is 10. The van der Waals surface area contributed by atoms with Gasteiger partial charge in [-0.3, -0.25) is 43.2 Å². The fourth-order valence-corrected chi connectivity index (χ4v) is 17.4. The molecule has 0 saturated carbocycles. The van der Waals surface area contributed by atoms with Crippen molar-refractivity contribution in [3.63, 3.8) is 0 Å². The number of aryl methyl sites for hydroxylation is 1. The summed E-state index contributed by atoms with van der Waals surface area (Å²) in [6, 6.07) is 67.2. The number of hydrogen-bond donors (Lipinski definition) is 11. The van der Waals surface area contributed by atoms with Crippen molar-refractivity contribution in [3.8, 4) is 0 Å². The number of aromatic nitrogens is 4. The normalized spacial score (nSPS) is 14.4. The lowest BCUT2D eigenvalue weighted by Gasteiger charge is -2.23. The second-order valence-corrected chi connectivity index (χ2v) is 49.1. The summed E-state index contributed by atoms with van der Waals surface area (Å²) in [5.74, 6) is 0.658. The topological polar surface area (TPSA) is 318 Å². The lowest BCUT2D eigenvalue weighted by atomic mass is 9.83. The van der Waals surface area contributed by atoms with E-state index in [-0.39, 0.29) is 112 Å². The highest BCUT2D eigenvalue weighted by Gasteiger charge is 2.31. The van der Waals surface area contributed by atoms with Crippen molar-refractivity contribution in [3.05, 3.63) is 354 Å². The Morgan fingerprint density at radius 2 is 0.662 bits per heavy atom. The molecule has 0 radical (unpaired) electrons. The van der Waals surface area contributed by atoms with Crippen molar-refractivity contribution in [1.82, 2.24) is 41.2 Å². The molecule has 3 aromatic heterocycles. The van der Waals surface area contributed by atoms with Gasteiger partial charge in [-0.25, -0.2) is 4.79 Å². The predicted molar refractivity (Wildman–Crippen MR) is 596 cm³/mol. The van der Waals surface area contributed by atoms with E-state index < -0.39 is 0 Å². The first-order valence-corrected chi connectivity index (χ1v) is 50.7. The Bertz CT molecular complexity index is 7180. The molecule has 0 spiro atoms. The van der Waals surface area contributed by atoms with Crippen LogP contribution in [0.5, 0.6) is 0 Å². The smallest absolute Gasteiger partial charge is 0.323 e. The number of pyridine rings is 2. The Hall–Kier alpha value is -13.8. The van der Waals surface area contributed by atoms with Gasteiger partial charge in [0.05, 0.1) is 30.3 Å². The van der Waals surface area contributed by atoms with Crippen LogP contribution in [0.3, 0.4) is 0 Å². The van der Waals surface area contributed by atoms with Crippen molar-refractivity contribution in [2.75, 3.05) is 22.5 Å². The zero-order valence-electron chi connectivity index (χ0n) is 91.3. The van der Waals surface area contributed by atoms with Crippen LogP contribution in [0.4, 0.5) is 17.1 Å². The molecule has 11 N–H and O–H groups in total. The maximum atomic E-state index is 11.6. The number of anilines is 3. The summed E-state index contributed by atoms with van der Waals surface area (Å²) in [4.78, 5) is 124. The third-order valence-corrected chi connectivity index (χ3v) is 26.8. The van der Waals surface area contributed by atoms with Crippen molar-refractivity contribution < 1.29 is 33.6 Å². The molecule has 145 heavy (non-hydrogen) atoms.